The first-order valence-electron chi connectivity index (χ1n) is 8.37. The molecule has 0 radical (unpaired) electrons. The van der Waals surface area contributed by atoms with E-state index >= 15 is 0 Å². The molecule has 0 aliphatic heterocycles. The number of amides is 2. The lowest BCUT2D eigenvalue weighted by molar-refractivity contribution is -0.135. The number of carbonyl (C=O) groups is 2. The van der Waals surface area contributed by atoms with Crippen LogP contribution in [-0.4, -0.2) is 51.1 Å². The van der Waals surface area contributed by atoms with E-state index in [0.29, 0.717) is 22.9 Å². The molecule has 27 heavy (non-hydrogen) atoms. The van der Waals surface area contributed by atoms with Gasteiger partial charge in [0.25, 0.3) is 5.91 Å². The van der Waals surface area contributed by atoms with E-state index in [2.05, 4.69) is 5.32 Å². The molecular weight excluding hydrogens is 348 g/mol. The van der Waals surface area contributed by atoms with Crippen LogP contribution in [0.4, 0.5) is 5.69 Å². The minimum Gasteiger partial charge on any atom is -0.496 e. The Morgan fingerprint density at radius 3 is 2.07 bits per heavy atom. The van der Waals surface area contributed by atoms with E-state index < -0.39 is 0 Å². The lowest BCUT2D eigenvalue weighted by Gasteiger charge is -2.17. The van der Waals surface area contributed by atoms with Crippen molar-refractivity contribution in [2.45, 2.75) is 6.92 Å². The van der Waals surface area contributed by atoms with Crippen molar-refractivity contribution >= 4 is 17.5 Å². The number of carbonyl (C=O) groups excluding carboxylic acids is 2. The van der Waals surface area contributed by atoms with Crippen molar-refractivity contribution in [3.63, 3.8) is 0 Å². The molecule has 0 unspecified atom stereocenters. The van der Waals surface area contributed by atoms with E-state index in [1.165, 1.54) is 19.1 Å². The molecule has 0 aliphatic rings. The quantitative estimate of drug-likeness (QED) is 0.770. The number of methoxy groups -OCH3 is 2. The van der Waals surface area contributed by atoms with Crippen LogP contribution in [0.15, 0.2) is 42.5 Å². The molecule has 0 saturated heterocycles. The molecular formula is C20H24N2O5. The summed E-state index contributed by atoms with van der Waals surface area (Å²) >= 11 is 0. The standard InChI is InChI=1S/C20H24N2O5/c1-14-5-7-15(8-6-14)21-19(23)12-22(2)20(24)13-27-18-10-16(25-3)9-17(11-18)26-4/h5-11H,12-13H2,1-4H3,(H,21,23). The summed E-state index contributed by atoms with van der Waals surface area (Å²) in [5.74, 6) is 0.955. The van der Waals surface area contributed by atoms with Crippen molar-refractivity contribution in [1.29, 1.82) is 0 Å². The number of benzene rings is 2. The maximum absolute atomic E-state index is 12.2. The molecule has 2 amide bonds. The van der Waals surface area contributed by atoms with Crippen LogP contribution >= 0.6 is 0 Å². The van der Waals surface area contributed by atoms with Gasteiger partial charge in [0.2, 0.25) is 5.91 Å². The molecule has 2 aromatic rings. The van der Waals surface area contributed by atoms with Gasteiger partial charge in [-0.05, 0) is 19.1 Å². The van der Waals surface area contributed by atoms with Gasteiger partial charge in [0.05, 0.1) is 20.8 Å². The minimum atomic E-state index is -0.323. The van der Waals surface area contributed by atoms with Gasteiger partial charge in [0.15, 0.2) is 6.61 Å². The summed E-state index contributed by atoms with van der Waals surface area (Å²) in [4.78, 5) is 25.6. The average Bonchev–Trinajstić information content (AvgIpc) is 2.67. The van der Waals surface area contributed by atoms with Gasteiger partial charge in [0, 0.05) is 30.9 Å². The number of ether oxygens (including phenoxy) is 3. The fourth-order valence-electron chi connectivity index (χ4n) is 2.26. The first-order chi connectivity index (χ1) is 12.9. The number of rotatable bonds is 8. The smallest absolute Gasteiger partial charge is 0.260 e. The van der Waals surface area contributed by atoms with Crippen LogP contribution in [0.25, 0.3) is 0 Å². The van der Waals surface area contributed by atoms with Crippen LogP contribution in [0.3, 0.4) is 0 Å². The average molecular weight is 372 g/mol. The molecule has 144 valence electrons. The molecule has 7 nitrogen and oxygen atoms in total. The number of nitrogens with zero attached hydrogens (tertiary/aromatic N) is 1. The zero-order valence-corrected chi connectivity index (χ0v) is 15.9. The highest BCUT2D eigenvalue weighted by molar-refractivity contribution is 5.94. The summed E-state index contributed by atoms with van der Waals surface area (Å²) in [6, 6.07) is 12.4. The van der Waals surface area contributed by atoms with Gasteiger partial charge < -0.3 is 24.4 Å². The van der Waals surface area contributed by atoms with Gasteiger partial charge in [-0.15, -0.1) is 0 Å². The molecule has 7 heteroatoms. The Hall–Kier alpha value is -3.22. The van der Waals surface area contributed by atoms with Crippen molar-refractivity contribution in [1.82, 2.24) is 4.90 Å². The second kappa shape index (κ2) is 9.47. The summed E-state index contributed by atoms with van der Waals surface area (Å²) in [5, 5.41) is 2.75. The second-order valence-electron chi connectivity index (χ2n) is 6.00. The fourth-order valence-corrected chi connectivity index (χ4v) is 2.26. The first kappa shape index (κ1) is 20.1. The maximum Gasteiger partial charge on any atom is 0.260 e. The third-order valence-electron chi connectivity index (χ3n) is 3.83. The van der Waals surface area contributed by atoms with E-state index in [4.69, 9.17) is 14.2 Å². The summed E-state index contributed by atoms with van der Waals surface area (Å²) in [5.41, 5.74) is 1.79. The zero-order chi connectivity index (χ0) is 19.8. The van der Waals surface area contributed by atoms with Crippen molar-refractivity contribution in [3.05, 3.63) is 48.0 Å². The van der Waals surface area contributed by atoms with Crippen LogP contribution in [-0.2, 0) is 9.59 Å². The summed E-state index contributed by atoms with van der Waals surface area (Å²) in [7, 11) is 4.61. The topological polar surface area (TPSA) is 77.1 Å². The van der Waals surface area contributed by atoms with E-state index in [1.807, 2.05) is 31.2 Å². The first-order valence-corrected chi connectivity index (χ1v) is 8.37. The van der Waals surface area contributed by atoms with E-state index in [1.54, 1.807) is 25.2 Å². The minimum absolute atomic E-state index is 0.0719. The number of aryl methyl sites for hydroxylation is 1. The molecule has 2 aromatic carbocycles. The Bertz CT molecular complexity index is 767. The van der Waals surface area contributed by atoms with E-state index in [-0.39, 0.29) is 25.0 Å². The maximum atomic E-state index is 12.2. The monoisotopic (exact) mass is 372 g/mol. The molecule has 0 fully saturated rings. The molecule has 1 N–H and O–H groups in total. The second-order valence-corrected chi connectivity index (χ2v) is 6.00. The van der Waals surface area contributed by atoms with Crippen LogP contribution in [0.1, 0.15) is 5.56 Å². The van der Waals surface area contributed by atoms with Gasteiger partial charge in [0.1, 0.15) is 17.2 Å². The number of nitrogens with one attached hydrogen (secondary N) is 1. The molecule has 0 bridgehead atoms. The number of likely N-dealkylation sites (N-methyl/N-ethyl adjacent to an activating group) is 1. The van der Waals surface area contributed by atoms with Crippen molar-refractivity contribution in [2.75, 3.05) is 39.7 Å². The van der Waals surface area contributed by atoms with Crippen LogP contribution in [0, 0.1) is 6.92 Å². The predicted molar refractivity (Wildman–Crippen MR) is 102 cm³/mol. The Balaban J connectivity index is 1.86. The van der Waals surface area contributed by atoms with Crippen molar-refractivity contribution in [2.24, 2.45) is 0 Å². The van der Waals surface area contributed by atoms with Gasteiger partial charge in [-0.25, -0.2) is 0 Å². The van der Waals surface area contributed by atoms with E-state index in [9.17, 15) is 9.59 Å². The van der Waals surface area contributed by atoms with Gasteiger partial charge in [-0.2, -0.15) is 0 Å². The Morgan fingerprint density at radius 1 is 0.963 bits per heavy atom. The third kappa shape index (κ3) is 6.22. The molecule has 0 aromatic heterocycles. The van der Waals surface area contributed by atoms with Crippen molar-refractivity contribution < 1.29 is 23.8 Å². The zero-order valence-electron chi connectivity index (χ0n) is 15.9. The summed E-state index contributed by atoms with van der Waals surface area (Å²) < 4.78 is 15.8. The van der Waals surface area contributed by atoms with Gasteiger partial charge in [-0.3, -0.25) is 9.59 Å². The number of hydrogen-bond donors (Lipinski definition) is 1. The van der Waals surface area contributed by atoms with Crippen LogP contribution < -0.4 is 19.5 Å². The molecule has 0 heterocycles. The normalized spacial score (nSPS) is 10.1. The van der Waals surface area contributed by atoms with Crippen LogP contribution in [0.5, 0.6) is 17.2 Å². The predicted octanol–water partition coefficient (Wildman–Crippen LogP) is 2.49. The SMILES string of the molecule is COc1cc(OC)cc(OCC(=O)N(C)CC(=O)Nc2ccc(C)cc2)c1. The lowest BCUT2D eigenvalue weighted by Crippen LogP contribution is -2.37. The summed E-state index contributed by atoms with van der Waals surface area (Å²) in [6.45, 7) is 1.69. The molecule has 2 rings (SSSR count). The molecule has 0 saturated carbocycles. The largest absolute Gasteiger partial charge is 0.496 e. The Morgan fingerprint density at radius 2 is 1.52 bits per heavy atom. The van der Waals surface area contributed by atoms with Crippen molar-refractivity contribution in [3.8, 4) is 17.2 Å². The fraction of sp³-hybridized carbons (Fsp3) is 0.300. The highest BCUT2D eigenvalue weighted by Gasteiger charge is 2.14. The molecule has 0 aliphatic carbocycles. The Kier molecular flexibility index (Phi) is 7.05. The van der Waals surface area contributed by atoms with Gasteiger partial charge >= 0.3 is 0 Å². The number of hydrogen-bond acceptors (Lipinski definition) is 5. The number of anilines is 1. The van der Waals surface area contributed by atoms with Crippen LogP contribution in [0.2, 0.25) is 0 Å². The lowest BCUT2D eigenvalue weighted by atomic mass is 10.2. The highest BCUT2D eigenvalue weighted by Crippen LogP contribution is 2.27. The summed E-state index contributed by atoms with van der Waals surface area (Å²) in [6.07, 6.45) is 0. The third-order valence-corrected chi connectivity index (χ3v) is 3.83. The molecule has 0 atom stereocenters. The Labute approximate surface area is 158 Å². The highest BCUT2D eigenvalue weighted by atomic mass is 16.5. The molecule has 0 spiro atoms. The van der Waals surface area contributed by atoms with E-state index in [0.717, 1.165) is 5.56 Å². The van der Waals surface area contributed by atoms with Gasteiger partial charge in [-0.1, -0.05) is 17.7 Å².